The van der Waals surface area contributed by atoms with Crippen LogP contribution in [0.4, 0.5) is 0 Å². The highest BCUT2D eigenvalue weighted by molar-refractivity contribution is 4.50. The first-order chi connectivity index (χ1) is 11.6. The summed E-state index contributed by atoms with van der Waals surface area (Å²) < 4.78 is 0.124. The van der Waals surface area contributed by atoms with E-state index in [0.717, 1.165) is 13.0 Å². The van der Waals surface area contributed by atoms with E-state index in [1.807, 2.05) is 14.1 Å². The van der Waals surface area contributed by atoms with Crippen molar-refractivity contribution in [2.24, 2.45) is 0 Å². The third-order valence-electron chi connectivity index (χ3n) is 5.06. The lowest BCUT2D eigenvalue weighted by molar-refractivity contribution is -1.07. The molecule has 0 atom stereocenters. The molecule has 0 radical (unpaired) electrons. The van der Waals surface area contributed by atoms with Crippen molar-refractivity contribution in [3.05, 3.63) is 0 Å². The van der Waals surface area contributed by atoms with Gasteiger partial charge >= 0.3 is 0 Å². The van der Waals surface area contributed by atoms with Gasteiger partial charge in [-0.1, -0.05) is 110 Å². The van der Waals surface area contributed by atoms with Crippen LogP contribution in [0.15, 0.2) is 0 Å². The zero-order chi connectivity index (χ0) is 17.9. The molecule has 0 spiro atoms. The lowest BCUT2D eigenvalue weighted by atomic mass is 10.0. The standard InChI is InChI=1S/C22H48NO/c1-4-5-6-7-8-9-10-11-12-13-14-15-16-17-18-19-20-21-22-23(2,3)24/h24H,4-22H2,1-3H3/q+1. The maximum Gasteiger partial charge on any atom is 0.108 e. The number of quaternary nitrogens is 1. The van der Waals surface area contributed by atoms with Gasteiger partial charge in [0.1, 0.15) is 6.54 Å². The minimum absolute atomic E-state index is 0.124. The average molecular weight is 343 g/mol. The summed E-state index contributed by atoms with van der Waals surface area (Å²) in [6.45, 7) is 3.18. The van der Waals surface area contributed by atoms with Crippen LogP contribution in [0.1, 0.15) is 122 Å². The third kappa shape index (κ3) is 21.9. The molecule has 146 valence electrons. The predicted molar refractivity (Wildman–Crippen MR) is 108 cm³/mol. The van der Waals surface area contributed by atoms with Gasteiger partial charge in [-0.25, -0.2) is 5.21 Å². The molecule has 0 fully saturated rings. The van der Waals surface area contributed by atoms with Crippen LogP contribution in [0, 0.1) is 0 Å². The molecule has 24 heavy (non-hydrogen) atoms. The van der Waals surface area contributed by atoms with Crippen molar-refractivity contribution < 1.29 is 9.85 Å². The van der Waals surface area contributed by atoms with Gasteiger partial charge in [-0.3, -0.25) is 0 Å². The normalized spacial score (nSPS) is 12.0. The van der Waals surface area contributed by atoms with Crippen LogP contribution in [0.2, 0.25) is 0 Å². The van der Waals surface area contributed by atoms with Crippen LogP contribution >= 0.6 is 0 Å². The highest BCUT2D eigenvalue weighted by atomic mass is 16.5. The number of unbranched alkanes of at least 4 members (excludes halogenated alkanes) is 17. The smallest absolute Gasteiger partial charge is 0.108 e. The van der Waals surface area contributed by atoms with Crippen LogP contribution in [-0.4, -0.2) is 30.5 Å². The van der Waals surface area contributed by atoms with Crippen molar-refractivity contribution >= 4 is 0 Å². The summed E-state index contributed by atoms with van der Waals surface area (Å²) in [7, 11) is 3.71. The first-order valence-electron chi connectivity index (χ1n) is 11.1. The second-order valence-electron chi connectivity index (χ2n) is 8.36. The largest absolute Gasteiger partial charge is 0.217 e. The van der Waals surface area contributed by atoms with Crippen molar-refractivity contribution in [1.82, 2.24) is 0 Å². The molecule has 0 aromatic heterocycles. The van der Waals surface area contributed by atoms with Crippen molar-refractivity contribution in [2.45, 2.75) is 122 Å². The summed E-state index contributed by atoms with van der Waals surface area (Å²) in [6.07, 6.45) is 25.4. The third-order valence-corrected chi connectivity index (χ3v) is 5.06. The van der Waals surface area contributed by atoms with Gasteiger partial charge < -0.3 is 0 Å². The highest BCUT2D eigenvalue weighted by Gasteiger charge is 2.08. The molecular formula is C22H48NO+. The molecule has 0 saturated carbocycles. The maximum atomic E-state index is 9.59. The number of hydrogen-bond donors (Lipinski definition) is 1. The van der Waals surface area contributed by atoms with Gasteiger partial charge in [-0.2, -0.15) is 4.65 Å². The van der Waals surface area contributed by atoms with Gasteiger partial charge in [0.15, 0.2) is 0 Å². The van der Waals surface area contributed by atoms with Gasteiger partial charge in [-0.05, 0) is 12.8 Å². The number of hydrogen-bond acceptors (Lipinski definition) is 1. The monoisotopic (exact) mass is 342 g/mol. The Bertz CT molecular complexity index is 235. The van der Waals surface area contributed by atoms with E-state index in [0.29, 0.717) is 0 Å². The Labute approximate surface area is 153 Å². The maximum absolute atomic E-state index is 9.59. The molecule has 0 aliphatic carbocycles. The van der Waals surface area contributed by atoms with E-state index in [4.69, 9.17) is 0 Å². The van der Waals surface area contributed by atoms with E-state index in [2.05, 4.69) is 6.92 Å². The van der Waals surface area contributed by atoms with E-state index in [1.54, 1.807) is 0 Å². The van der Waals surface area contributed by atoms with E-state index in [1.165, 1.54) is 109 Å². The second-order valence-corrected chi connectivity index (χ2v) is 8.36. The van der Waals surface area contributed by atoms with Crippen molar-refractivity contribution in [3.63, 3.8) is 0 Å². The Morgan fingerprint density at radius 2 is 0.708 bits per heavy atom. The van der Waals surface area contributed by atoms with Crippen molar-refractivity contribution in [3.8, 4) is 0 Å². The molecule has 0 heterocycles. The fourth-order valence-corrected chi connectivity index (χ4v) is 3.40. The molecule has 0 unspecified atom stereocenters. The van der Waals surface area contributed by atoms with Crippen LogP contribution in [0.3, 0.4) is 0 Å². The van der Waals surface area contributed by atoms with Gasteiger partial charge in [0.2, 0.25) is 0 Å². The van der Waals surface area contributed by atoms with Crippen molar-refractivity contribution in [2.75, 3.05) is 20.6 Å². The Morgan fingerprint density at radius 1 is 0.458 bits per heavy atom. The van der Waals surface area contributed by atoms with Crippen LogP contribution in [0.5, 0.6) is 0 Å². The van der Waals surface area contributed by atoms with Gasteiger partial charge in [-0.15, -0.1) is 0 Å². The molecule has 1 N–H and O–H groups in total. The summed E-state index contributed by atoms with van der Waals surface area (Å²) in [4.78, 5) is 0. The van der Waals surface area contributed by atoms with E-state index in [-0.39, 0.29) is 4.65 Å². The lowest BCUT2D eigenvalue weighted by Crippen LogP contribution is -2.36. The average Bonchev–Trinajstić information content (AvgIpc) is 2.52. The summed E-state index contributed by atoms with van der Waals surface area (Å²) in [5.74, 6) is 0. The zero-order valence-corrected chi connectivity index (χ0v) is 17.3. The topological polar surface area (TPSA) is 20.2 Å². The molecule has 0 aliphatic heterocycles. The SMILES string of the molecule is CCCCCCCCCCCCCCCCCCCC[N+](C)(C)O. The predicted octanol–water partition coefficient (Wildman–Crippen LogP) is 7.49. The molecule has 0 amide bonds. The molecule has 0 aromatic carbocycles. The minimum Gasteiger partial charge on any atom is -0.217 e. The fraction of sp³-hybridized carbons (Fsp3) is 1.00. The van der Waals surface area contributed by atoms with Crippen LogP contribution in [0.25, 0.3) is 0 Å². The summed E-state index contributed by atoms with van der Waals surface area (Å²) in [5.41, 5.74) is 0. The van der Waals surface area contributed by atoms with Crippen LogP contribution in [-0.2, 0) is 0 Å². The highest BCUT2D eigenvalue weighted by Crippen LogP contribution is 2.14. The molecular weight excluding hydrogens is 294 g/mol. The first kappa shape index (κ1) is 23.9. The quantitative estimate of drug-likeness (QED) is 0.146. The summed E-state index contributed by atoms with van der Waals surface area (Å²) in [5, 5.41) is 9.59. The Hall–Kier alpha value is -0.0800. The van der Waals surface area contributed by atoms with Gasteiger partial charge in [0.05, 0.1) is 14.1 Å². The lowest BCUT2D eigenvalue weighted by Gasteiger charge is -2.18. The van der Waals surface area contributed by atoms with E-state index >= 15 is 0 Å². The van der Waals surface area contributed by atoms with Gasteiger partial charge in [0.25, 0.3) is 0 Å². The first-order valence-corrected chi connectivity index (χ1v) is 11.1. The molecule has 0 aromatic rings. The summed E-state index contributed by atoms with van der Waals surface area (Å²) in [6, 6.07) is 0. The van der Waals surface area contributed by atoms with Crippen LogP contribution < -0.4 is 0 Å². The minimum atomic E-state index is 0.124. The summed E-state index contributed by atoms with van der Waals surface area (Å²) >= 11 is 0. The molecule has 0 rings (SSSR count). The second kappa shape index (κ2) is 17.7. The molecule has 0 aliphatic rings. The Morgan fingerprint density at radius 3 is 0.958 bits per heavy atom. The molecule has 0 bridgehead atoms. The Kier molecular flexibility index (Phi) is 17.7. The molecule has 2 nitrogen and oxygen atoms in total. The Balaban J connectivity index is 3.00. The number of rotatable bonds is 19. The fourth-order valence-electron chi connectivity index (χ4n) is 3.40. The molecule has 2 heteroatoms. The molecule has 0 saturated heterocycles. The van der Waals surface area contributed by atoms with Gasteiger partial charge in [0, 0.05) is 0 Å². The van der Waals surface area contributed by atoms with E-state index < -0.39 is 0 Å². The van der Waals surface area contributed by atoms with E-state index in [9.17, 15) is 5.21 Å². The number of nitrogens with zero attached hydrogens (tertiary/aromatic N) is 1. The van der Waals surface area contributed by atoms with Crippen molar-refractivity contribution in [1.29, 1.82) is 0 Å². The zero-order valence-electron chi connectivity index (χ0n) is 17.3. The number of hydroxylamine groups is 3.